The van der Waals surface area contributed by atoms with Gasteiger partial charge in [-0.3, -0.25) is 4.79 Å². The van der Waals surface area contributed by atoms with E-state index in [9.17, 15) is 4.79 Å². The highest BCUT2D eigenvalue weighted by molar-refractivity contribution is 5.99. The molecule has 0 aliphatic carbocycles. The Morgan fingerprint density at radius 1 is 1.10 bits per heavy atom. The van der Waals surface area contributed by atoms with Crippen molar-refractivity contribution in [3.05, 3.63) is 65.7 Å². The zero-order valence-corrected chi connectivity index (χ0v) is 11.8. The monoisotopic (exact) mass is 265 g/mol. The van der Waals surface area contributed by atoms with Crippen molar-refractivity contribution in [1.29, 1.82) is 0 Å². The zero-order valence-electron chi connectivity index (χ0n) is 11.8. The summed E-state index contributed by atoms with van der Waals surface area (Å²) in [7, 11) is 0. The highest BCUT2D eigenvalue weighted by Crippen LogP contribution is 2.31. The lowest BCUT2D eigenvalue weighted by molar-refractivity contribution is -0.120. The lowest BCUT2D eigenvalue weighted by atomic mass is 9.95. The first-order chi connectivity index (χ1) is 9.81. The van der Waals surface area contributed by atoms with Gasteiger partial charge in [0.15, 0.2) is 0 Å². The fraction of sp³-hybridized carbons (Fsp3) is 0.278. The minimum Gasteiger partial charge on any atom is -0.311 e. The maximum Gasteiger partial charge on any atom is 0.234 e. The van der Waals surface area contributed by atoms with Crippen LogP contribution in [0.5, 0.6) is 0 Å². The zero-order chi connectivity index (χ0) is 13.9. The molecule has 1 atom stereocenters. The van der Waals surface area contributed by atoms with Crippen LogP contribution in [-0.4, -0.2) is 12.5 Å². The van der Waals surface area contributed by atoms with E-state index in [0.717, 1.165) is 30.6 Å². The third-order valence-corrected chi connectivity index (χ3v) is 4.06. The van der Waals surface area contributed by atoms with Gasteiger partial charge in [-0.2, -0.15) is 0 Å². The number of rotatable bonds is 3. The topological polar surface area (TPSA) is 20.3 Å². The van der Waals surface area contributed by atoms with Crippen molar-refractivity contribution in [2.45, 2.75) is 25.7 Å². The van der Waals surface area contributed by atoms with Gasteiger partial charge < -0.3 is 4.90 Å². The quantitative estimate of drug-likeness (QED) is 0.827. The fourth-order valence-electron chi connectivity index (χ4n) is 2.99. The molecule has 2 aromatic rings. The number of nitrogens with zero attached hydrogens (tertiary/aromatic N) is 1. The van der Waals surface area contributed by atoms with E-state index in [4.69, 9.17) is 0 Å². The summed E-state index contributed by atoms with van der Waals surface area (Å²) in [6.07, 6.45) is 1.80. The van der Waals surface area contributed by atoms with Gasteiger partial charge in [0.25, 0.3) is 0 Å². The third-order valence-electron chi connectivity index (χ3n) is 4.06. The molecule has 1 heterocycles. The Labute approximate surface area is 120 Å². The summed E-state index contributed by atoms with van der Waals surface area (Å²) >= 11 is 0. The molecule has 3 rings (SSSR count). The van der Waals surface area contributed by atoms with Crippen LogP contribution in [0.1, 0.15) is 30.4 Å². The summed E-state index contributed by atoms with van der Waals surface area (Å²) in [6.45, 7) is 2.89. The predicted octanol–water partition coefficient (Wildman–Crippen LogP) is 3.77. The number of fused-ring (bicyclic) bond motifs is 1. The molecule has 2 aromatic carbocycles. The van der Waals surface area contributed by atoms with Gasteiger partial charge in [0, 0.05) is 12.2 Å². The highest BCUT2D eigenvalue weighted by atomic mass is 16.2. The summed E-state index contributed by atoms with van der Waals surface area (Å²) in [6, 6.07) is 18.3. The van der Waals surface area contributed by atoms with Crippen LogP contribution < -0.4 is 4.90 Å². The first-order valence-corrected chi connectivity index (χ1v) is 7.25. The van der Waals surface area contributed by atoms with E-state index in [-0.39, 0.29) is 11.8 Å². The number of anilines is 1. The van der Waals surface area contributed by atoms with E-state index < -0.39 is 0 Å². The van der Waals surface area contributed by atoms with Crippen LogP contribution in [-0.2, 0) is 11.2 Å². The third kappa shape index (κ3) is 2.22. The Morgan fingerprint density at radius 3 is 2.55 bits per heavy atom. The normalized spacial score (nSPS) is 14.9. The standard InChI is InChI=1S/C18H19NO/c1-2-16(14-8-4-3-5-9-14)18(20)19-13-12-15-10-6-7-11-17(15)19/h3-11,16H,2,12-13H2,1H3/t16-/m1/s1. The Morgan fingerprint density at radius 2 is 1.80 bits per heavy atom. The second-order valence-electron chi connectivity index (χ2n) is 5.24. The van der Waals surface area contributed by atoms with Gasteiger partial charge in [-0.15, -0.1) is 0 Å². The highest BCUT2D eigenvalue weighted by Gasteiger charge is 2.29. The first-order valence-electron chi connectivity index (χ1n) is 7.25. The van der Waals surface area contributed by atoms with Crippen LogP contribution in [0, 0.1) is 0 Å². The maximum atomic E-state index is 12.9. The maximum absolute atomic E-state index is 12.9. The summed E-state index contributed by atoms with van der Waals surface area (Å²) in [5.74, 6) is 0.186. The average Bonchev–Trinajstić information content (AvgIpc) is 2.93. The summed E-state index contributed by atoms with van der Waals surface area (Å²) in [5, 5.41) is 0. The van der Waals surface area contributed by atoms with Crippen LogP contribution in [0.15, 0.2) is 54.6 Å². The molecular weight excluding hydrogens is 246 g/mol. The van der Waals surface area contributed by atoms with Crippen molar-refractivity contribution in [1.82, 2.24) is 0 Å². The molecule has 0 saturated carbocycles. The lowest BCUT2D eigenvalue weighted by Gasteiger charge is -2.23. The molecular formula is C18H19NO. The molecule has 102 valence electrons. The summed E-state index contributed by atoms with van der Waals surface area (Å²) in [4.78, 5) is 14.8. The van der Waals surface area contributed by atoms with Crippen molar-refractivity contribution in [3.8, 4) is 0 Å². The van der Waals surface area contributed by atoms with Crippen molar-refractivity contribution >= 4 is 11.6 Å². The van der Waals surface area contributed by atoms with Gasteiger partial charge in [-0.05, 0) is 30.0 Å². The number of para-hydroxylation sites is 1. The van der Waals surface area contributed by atoms with Crippen molar-refractivity contribution in [3.63, 3.8) is 0 Å². The minimum absolute atomic E-state index is 0.0395. The fourth-order valence-corrected chi connectivity index (χ4v) is 2.99. The van der Waals surface area contributed by atoms with Crippen LogP contribution in [0.2, 0.25) is 0 Å². The van der Waals surface area contributed by atoms with E-state index in [1.54, 1.807) is 0 Å². The molecule has 1 aliphatic rings. The average molecular weight is 265 g/mol. The van der Waals surface area contributed by atoms with Crippen molar-refractivity contribution in [2.75, 3.05) is 11.4 Å². The second kappa shape index (κ2) is 5.49. The van der Waals surface area contributed by atoms with Gasteiger partial charge >= 0.3 is 0 Å². The number of hydrogen-bond donors (Lipinski definition) is 0. The molecule has 0 spiro atoms. The number of benzene rings is 2. The summed E-state index contributed by atoms with van der Waals surface area (Å²) in [5.41, 5.74) is 3.49. The lowest BCUT2D eigenvalue weighted by Crippen LogP contribution is -2.33. The number of carbonyl (C=O) groups excluding carboxylic acids is 1. The molecule has 0 radical (unpaired) electrons. The number of hydrogen-bond acceptors (Lipinski definition) is 1. The van der Waals surface area contributed by atoms with E-state index in [1.165, 1.54) is 5.56 Å². The van der Waals surface area contributed by atoms with Crippen LogP contribution in [0.3, 0.4) is 0 Å². The molecule has 0 unspecified atom stereocenters. The van der Waals surface area contributed by atoms with Gasteiger partial charge in [0.1, 0.15) is 0 Å². The minimum atomic E-state index is -0.0395. The molecule has 20 heavy (non-hydrogen) atoms. The molecule has 1 aliphatic heterocycles. The van der Waals surface area contributed by atoms with E-state index >= 15 is 0 Å². The van der Waals surface area contributed by atoms with Crippen molar-refractivity contribution in [2.24, 2.45) is 0 Å². The van der Waals surface area contributed by atoms with Gasteiger partial charge in [0.2, 0.25) is 5.91 Å². The smallest absolute Gasteiger partial charge is 0.234 e. The Hall–Kier alpha value is -2.09. The molecule has 0 bridgehead atoms. The predicted molar refractivity (Wildman–Crippen MR) is 82.0 cm³/mol. The molecule has 2 heteroatoms. The van der Waals surface area contributed by atoms with Gasteiger partial charge in [0.05, 0.1) is 5.92 Å². The molecule has 0 saturated heterocycles. The Balaban J connectivity index is 1.89. The van der Waals surface area contributed by atoms with E-state index in [2.05, 4.69) is 19.1 Å². The van der Waals surface area contributed by atoms with Crippen LogP contribution in [0.4, 0.5) is 5.69 Å². The van der Waals surface area contributed by atoms with E-state index in [0.29, 0.717) is 0 Å². The largest absolute Gasteiger partial charge is 0.311 e. The molecule has 1 amide bonds. The molecule has 0 N–H and O–H groups in total. The SMILES string of the molecule is CC[C@@H](C(=O)N1CCc2ccccc21)c1ccccc1. The van der Waals surface area contributed by atoms with Crippen LogP contribution >= 0.6 is 0 Å². The number of amides is 1. The summed E-state index contributed by atoms with van der Waals surface area (Å²) < 4.78 is 0. The Kier molecular flexibility index (Phi) is 3.55. The molecule has 0 aromatic heterocycles. The van der Waals surface area contributed by atoms with E-state index in [1.807, 2.05) is 47.4 Å². The Bertz CT molecular complexity index is 602. The second-order valence-corrected chi connectivity index (χ2v) is 5.24. The van der Waals surface area contributed by atoms with Crippen LogP contribution in [0.25, 0.3) is 0 Å². The molecule has 0 fully saturated rings. The van der Waals surface area contributed by atoms with Gasteiger partial charge in [-0.25, -0.2) is 0 Å². The van der Waals surface area contributed by atoms with Crippen molar-refractivity contribution < 1.29 is 4.79 Å². The number of carbonyl (C=O) groups is 1. The first kappa shape index (κ1) is 12.9. The molecule has 2 nitrogen and oxygen atoms in total. The van der Waals surface area contributed by atoms with Gasteiger partial charge in [-0.1, -0.05) is 55.5 Å².